The van der Waals surface area contributed by atoms with Crippen LogP contribution in [0, 0.1) is 0 Å². The van der Waals surface area contributed by atoms with Gasteiger partial charge in [0.2, 0.25) is 0 Å². The highest BCUT2D eigenvalue weighted by molar-refractivity contribution is 6.16. The van der Waals surface area contributed by atoms with E-state index < -0.39 is 0 Å². The van der Waals surface area contributed by atoms with Crippen LogP contribution in [0.1, 0.15) is 0 Å². The zero-order valence-electron chi connectivity index (χ0n) is 4.99. The summed E-state index contributed by atoms with van der Waals surface area (Å²) in [7, 11) is 0. The van der Waals surface area contributed by atoms with E-state index in [-0.39, 0.29) is 0 Å². The van der Waals surface area contributed by atoms with E-state index in [1.54, 1.807) is 23.6 Å². The highest BCUT2D eigenvalue weighted by Crippen LogP contribution is 1.84. The number of rotatable bonds is 2. The first kappa shape index (κ1) is 5.81. The molecule has 0 unspecified atom stereocenters. The van der Waals surface area contributed by atoms with Crippen molar-refractivity contribution in [3.8, 4) is 0 Å². The highest BCUT2D eigenvalue weighted by Gasteiger charge is 1.93. The molecule has 0 atom stereocenters. The van der Waals surface area contributed by atoms with Crippen LogP contribution in [0.4, 0.5) is 0 Å². The summed E-state index contributed by atoms with van der Waals surface area (Å²) in [6, 6.07) is 0. The van der Waals surface area contributed by atoms with Crippen molar-refractivity contribution in [3.05, 3.63) is 12.7 Å². The number of nitrogens with zero attached hydrogens (tertiary/aromatic N) is 3. The van der Waals surface area contributed by atoms with E-state index in [0.717, 1.165) is 0 Å². The van der Waals surface area contributed by atoms with Gasteiger partial charge in [0, 0.05) is 0 Å². The molecule has 0 spiro atoms. The van der Waals surface area contributed by atoms with Gasteiger partial charge in [0.05, 0.1) is 19.0 Å². The average molecular weight is 124 g/mol. The number of nitrogens with one attached hydrogen (secondary N) is 1. The summed E-state index contributed by atoms with van der Waals surface area (Å²) >= 11 is 0. The first-order valence-corrected chi connectivity index (χ1v) is 2.63. The third kappa shape index (κ3) is 1.56. The molecule has 1 N–H and O–H groups in total. The minimum Gasteiger partial charge on any atom is -0.202 e. The Bertz CT molecular complexity index is 147. The number of hydrazine groups is 1. The van der Waals surface area contributed by atoms with E-state index >= 15 is 0 Å². The van der Waals surface area contributed by atoms with Gasteiger partial charge in [0.25, 0.3) is 0 Å². The van der Waals surface area contributed by atoms with Crippen molar-refractivity contribution in [1.82, 2.24) is 10.7 Å². The standard InChI is InChI=1S/C5H8N4/c1-2-5-9-7-4-3-6-8-9/h2-4,8H,1,5H2. The van der Waals surface area contributed by atoms with E-state index in [9.17, 15) is 0 Å². The molecule has 4 nitrogen and oxygen atoms in total. The lowest BCUT2D eigenvalue weighted by Gasteiger charge is -2.16. The summed E-state index contributed by atoms with van der Waals surface area (Å²) in [4.78, 5) is 0. The van der Waals surface area contributed by atoms with Gasteiger partial charge < -0.3 is 0 Å². The molecule has 48 valence electrons. The highest BCUT2D eigenvalue weighted by atomic mass is 15.8. The zero-order valence-corrected chi connectivity index (χ0v) is 4.99. The summed E-state index contributed by atoms with van der Waals surface area (Å²) in [5.41, 5.74) is 2.65. The van der Waals surface area contributed by atoms with Crippen molar-refractivity contribution in [2.75, 3.05) is 6.54 Å². The Morgan fingerprint density at radius 3 is 3.11 bits per heavy atom. The van der Waals surface area contributed by atoms with Crippen molar-refractivity contribution in [2.45, 2.75) is 0 Å². The molecule has 9 heavy (non-hydrogen) atoms. The third-order valence-corrected chi connectivity index (χ3v) is 0.822. The van der Waals surface area contributed by atoms with E-state index in [1.165, 1.54) is 0 Å². The van der Waals surface area contributed by atoms with Gasteiger partial charge in [-0.3, -0.25) is 0 Å². The molecule has 1 rings (SSSR count). The van der Waals surface area contributed by atoms with Crippen LogP contribution in [0.5, 0.6) is 0 Å². The largest absolute Gasteiger partial charge is 0.202 e. The van der Waals surface area contributed by atoms with Gasteiger partial charge in [0.15, 0.2) is 0 Å². The van der Waals surface area contributed by atoms with Gasteiger partial charge in [0.1, 0.15) is 0 Å². The van der Waals surface area contributed by atoms with Gasteiger partial charge in [-0.2, -0.15) is 15.3 Å². The maximum absolute atomic E-state index is 3.90. The molecule has 0 aromatic carbocycles. The van der Waals surface area contributed by atoms with Crippen molar-refractivity contribution in [3.63, 3.8) is 0 Å². The minimum atomic E-state index is 0.661. The van der Waals surface area contributed by atoms with Crippen LogP contribution in [0.3, 0.4) is 0 Å². The summed E-state index contributed by atoms with van der Waals surface area (Å²) < 4.78 is 0. The smallest absolute Gasteiger partial charge is 0.0779 e. The van der Waals surface area contributed by atoms with Gasteiger partial charge in [-0.15, -0.1) is 6.58 Å². The fourth-order valence-corrected chi connectivity index (χ4v) is 0.480. The van der Waals surface area contributed by atoms with Crippen LogP contribution in [-0.4, -0.2) is 24.1 Å². The van der Waals surface area contributed by atoms with Gasteiger partial charge in [-0.05, 0) is 0 Å². The molecule has 0 fully saturated rings. The third-order valence-electron chi connectivity index (χ3n) is 0.822. The van der Waals surface area contributed by atoms with Gasteiger partial charge in [-0.25, -0.2) is 5.53 Å². The van der Waals surface area contributed by atoms with E-state index in [1.807, 2.05) is 0 Å². The maximum atomic E-state index is 3.90. The lowest BCUT2D eigenvalue weighted by molar-refractivity contribution is 0.224. The fourth-order valence-electron chi connectivity index (χ4n) is 0.480. The Kier molecular flexibility index (Phi) is 1.85. The molecular weight excluding hydrogens is 116 g/mol. The lowest BCUT2D eigenvalue weighted by Crippen LogP contribution is -2.31. The second-order valence-electron chi connectivity index (χ2n) is 1.51. The van der Waals surface area contributed by atoms with E-state index in [0.29, 0.717) is 6.54 Å². The quantitative estimate of drug-likeness (QED) is 0.525. The van der Waals surface area contributed by atoms with E-state index in [4.69, 9.17) is 0 Å². The molecule has 0 saturated carbocycles. The molecule has 0 radical (unpaired) electrons. The summed E-state index contributed by atoms with van der Waals surface area (Å²) in [5, 5.41) is 9.20. The monoisotopic (exact) mass is 124 g/mol. The van der Waals surface area contributed by atoms with Gasteiger partial charge in [-0.1, -0.05) is 6.08 Å². The SMILES string of the molecule is C=CCN1N=CC=NN1. The molecule has 0 aromatic heterocycles. The molecule has 4 heteroatoms. The van der Waals surface area contributed by atoms with Gasteiger partial charge >= 0.3 is 0 Å². The molecular formula is C5H8N4. The Morgan fingerprint density at radius 1 is 1.67 bits per heavy atom. The Balaban J connectivity index is 2.36. The second-order valence-corrected chi connectivity index (χ2v) is 1.51. The molecule has 0 aliphatic carbocycles. The first-order chi connectivity index (χ1) is 4.43. The molecule has 1 heterocycles. The molecule has 0 bridgehead atoms. The fraction of sp³-hybridized carbons (Fsp3) is 0.200. The Labute approximate surface area is 53.5 Å². The molecule has 1 aliphatic heterocycles. The average Bonchev–Trinajstić information content (AvgIpc) is 1.91. The maximum Gasteiger partial charge on any atom is 0.0779 e. The van der Waals surface area contributed by atoms with Crippen LogP contribution < -0.4 is 5.53 Å². The van der Waals surface area contributed by atoms with Crippen LogP contribution in [-0.2, 0) is 0 Å². The molecule has 0 saturated heterocycles. The Hall–Kier alpha value is -1.32. The van der Waals surface area contributed by atoms with Crippen molar-refractivity contribution >= 4 is 12.4 Å². The van der Waals surface area contributed by atoms with Crippen molar-refractivity contribution in [2.24, 2.45) is 10.2 Å². The first-order valence-electron chi connectivity index (χ1n) is 2.63. The number of hydrogen-bond donors (Lipinski definition) is 1. The van der Waals surface area contributed by atoms with Crippen molar-refractivity contribution in [1.29, 1.82) is 0 Å². The number of hydrogen-bond acceptors (Lipinski definition) is 4. The van der Waals surface area contributed by atoms with Crippen LogP contribution >= 0.6 is 0 Å². The molecule has 0 amide bonds. The minimum absolute atomic E-state index is 0.661. The number of hydrazone groups is 2. The van der Waals surface area contributed by atoms with Crippen LogP contribution in [0.25, 0.3) is 0 Å². The van der Waals surface area contributed by atoms with E-state index in [2.05, 4.69) is 22.3 Å². The molecule has 1 aliphatic rings. The zero-order chi connectivity index (χ0) is 6.53. The van der Waals surface area contributed by atoms with Crippen LogP contribution in [0.2, 0.25) is 0 Å². The predicted molar refractivity (Wildman–Crippen MR) is 37.0 cm³/mol. The van der Waals surface area contributed by atoms with Crippen molar-refractivity contribution < 1.29 is 0 Å². The normalized spacial score (nSPS) is 15.3. The second kappa shape index (κ2) is 2.86. The lowest BCUT2D eigenvalue weighted by atomic mass is 10.6. The topological polar surface area (TPSA) is 40.0 Å². The summed E-state index contributed by atoms with van der Waals surface area (Å²) in [5.74, 6) is 0. The Morgan fingerprint density at radius 2 is 2.56 bits per heavy atom. The van der Waals surface area contributed by atoms with Crippen LogP contribution in [0.15, 0.2) is 22.9 Å². The summed E-state index contributed by atoms with van der Waals surface area (Å²) in [6.07, 6.45) is 4.94. The summed E-state index contributed by atoms with van der Waals surface area (Å²) in [6.45, 7) is 4.21. The molecule has 0 aromatic rings. The predicted octanol–water partition coefficient (Wildman–Crippen LogP) is -0.0358.